The second-order valence-corrected chi connectivity index (χ2v) is 11.8. The number of ether oxygens (including phenoxy) is 3. The number of carbonyl (C=O) groups is 2. The first kappa shape index (κ1) is 32.7. The van der Waals surface area contributed by atoms with Gasteiger partial charge in [-0.1, -0.05) is 58.0 Å². The minimum absolute atomic E-state index is 0.0972. The Labute approximate surface area is 246 Å². The molecule has 226 valence electrons. The van der Waals surface area contributed by atoms with Gasteiger partial charge in [-0.2, -0.15) is 0 Å². The summed E-state index contributed by atoms with van der Waals surface area (Å²) >= 11 is 0. The molecule has 3 aromatic carbocycles. The molecule has 0 saturated carbocycles. The van der Waals surface area contributed by atoms with E-state index in [-0.39, 0.29) is 16.7 Å². The van der Waals surface area contributed by atoms with Gasteiger partial charge in [0.2, 0.25) is 0 Å². The number of hydrogen-bond acceptors (Lipinski definition) is 5. The number of esters is 2. The molecule has 0 spiro atoms. The zero-order valence-corrected chi connectivity index (χ0v) is 25.5. The van der Waals surface area contributed by atoms with Gasteiger partial charge in [0.15, 0.2) is 0 Å². The third-order valence-corrected chi connectivity index (χ3v) is 7.64. The van der Waals surface area contributed by atoms with E-state index in [4.69, 9.17) is 9.47 Å². The van der Waals surface area contributed by atoms with Crippen LogP contribution in [-0.4, -0.2) is 23.9 Å². The Morgan fingerprint density at radius 2 is 1.36 bits per heavy atom. The molecule has 0 N–H and O–H groups in total. The molecule has 42 heavy (non-hydrogen) atoms. The van der Waals surface area contributed by atoms with Crippen molar-refractivity contribution in [3.8, 4) is 11.5 Å². The highest BCUT2D eigenvalue weighted by Crippen LogP contribution is 2.32. The van der Waals surface area contributed by atoms with Gasteiger partial charge in [0.05, 0.1) is 5.56 Å². The fourth-order valence-electron chi connectivity index (χ4n) is 4.52. The molecule has 0 fully saturated rings. The maximum atomic E-state index is 13.1. The maximum Gasteiger partial charge on any atom is 0.573 e. The van der Waals surface area contributed by atoms with E-state index in [0.29, 0.717) is 18.4 Å². The highest BCUT2D eigenvalue weighted by molar-refractivity contribution is 5.97. The standard InChI is InChI=1S/C34H39F3O5/c1-9-32(5,6)27-15-11-23(17-21(27)3)19-24-12-16-28(22(4)18-24)40-30(38)25-13-14-26(29(20-25)41-34(35,36)37)31(39)42-33(7,8)10-2/h11-18,20H,9-10,19H2,1-8H3. The van der Waals surface area contributed by atoms with E-state index in [2.05, 4.69) is 50.6 Å². The molecule has 0 heterocycles. The Morgan fingerprint density at radius 1 is 0.738 bits per heavy atom. The summed E-state index contributed by atoms with van der Waals surface area (Å²) in [4.78, 5) is 25.5. The Morgan fingerprint density at radius 3 is 1.90 bits per heavy atom. The van der Waals surface area contributed by atoms with Gasteiger partial charge in [0, 0.05) is 0 Å². The molecule has 0 unspecified atom stereocenters. The fourth-order valence-corrected chi connectivity index (χ4v) is 4.52. The van der Waals surface area contributed by atoms with Crippen LogP contribution >= 0.6 is 0 Å². The number of carbonyl (C=O) groups excluding carboxylic acids is 2. The van der Waals surface area contributed by atoms with Crippen molar-refractivity contribution < 1.29 is 37.0 Å². The molecule has 3 aromatic rings. The van der Waals surface area contributed by atoms with Gasteiger partial charge in [0.25, 0.3) is 0 Å². The highest BCUT2D eigenvalue weighted by atomic mass is 19.4. The Balaban J connectivity index is 1.80. The maximum absolute atomic E-state index is 13.1. The van der Waals surface area contributed by atoms with Crippen LogP contribution in [0.4, 0.5) is 13.2 Å². The molecule has 0 radical (unpaired) electrons. The van der Waals surface area contributed by atoms with Crippen LogP contribution in [0.15, 0.2) is 54.6 Å². The van der Waals surface area contributed by atoms with Crippen molar-refractivity contribution >= 4 is 11.9 Å². The van der Waals surface area contributed by atoms with Crippen molar-refractivity contribution in [1.82, 2.24) is 0 Å². The van der Waals surface area contributed by atoms with Crippen LogP contribution < -0.4 is 9.47 Å². The lowest BCUT2D eigenvalue weighted by molar-refractivity contribution is -0.274. The summed E-state index contributed by atoms with van der Waals surface area (Å²) in [5, 5.41) is 0. The summed E-state index contributed by atoms with van der Waals surface area (Å²) in [5.74, 6) is -2.46. The van der Waals surface area contributed by atoms with Crippen molar-refractivity contribution in [3.63, 3.8) is 0 Å². The lowest BCUT2D eigenvalue weighted by Gasteiger charge is -2.26. The predicted octanol–water partition coefficient (Wildman–Crippen LogP) is 9.05. The fraction of sp³-hybridized carbons (Fsp3) is 0.412. The molecule has 0 bridgehead atoms. The van der Waals surface area contributed by atoms with E-state index >= 15 is 0 Å². The monoisotopic (exact) mass is 584 g/mol. The van der Waals surface area contributed by atoms with E-state index in [0.717, 1.165) is 29.7 Å². The molecule has 3 rings (SSSR count). The predicted molar refractivity (Wildman–Crippen MR) is 156 cm³/mol. The van der Waals surface area contributed by atoms with Crippen molar-refractivity contribution in [2.45, 2.75) is 92.0 Å². The van der Waals surface area contributed by atoms with Gasteiger partial charge in [-0.15, -0.1) is 13.2 Å². The van der Waals surface area contributed by atoms with Gasteiger partial charge < -0.3 is 14.2 Å². The van der Waals surface area contributed by atoms with E-state index < -0.39 is 35.2 Å². The SMILES string of the molecule is CCC(C)(C)OC(=O)c1ccc(C(=O)Oc2ccc(Cc3ccc(C(C)(C)CC)c(C)c3)cc2C)cc1OC(F)(F)F. The molecule has 8 heteroatoms. The lowest BCUT2D eigenvalue weighted by Crippen LogP contribution is -2.28. The molecule has 0 aromatic heterocycles. The number of benzene rings is 3. The van der Waals surface area contributed by atoms with Crippen LogP contribution in [0.3, 0.4) is 0 Å². The van der Waals surface area contributed by atoms with Crippen molar-refractivity contribution in [2.24, 2.45) is 0 Å². The van der Waals surface area contributed by atoms with Crippen LogP contribution in [0, 0.1) is 13.8 Å². The average Bonchev–Trinajstić information content (AvgIpc) is 2.88. The van der Waals surface area contributed by atoms with Crippen LogP contribution in [-0.2, 0) is 16.6 Å². The van der Waals surface area contributed by atoms with Gasteiger partial charge in [-0.3, -0.25) is 0 Å². The van der Waals surface area contributed by atoms with Crippen molar-refractivity contribution in [2.75, 3.05) is 0 Å². The minimum Gasteiger partial charge on any atom is -0.456 e. The van der Waals surface area contributed by atoms with Gasteiger partial charge >= 0.3 is 18.3 Å². The zero-order valence-electron chi connectivity index (χ0n) is 25.5. The van der Waals surface area contributed by atoms with Gasteiger partial charge in [0.1, 0.15) is 22.7 Å². The first-order valence-corrected chi connectivity index (χ1v) is 14.0. The van der Waals surface area contributed by atoms with E-state index in [1.807, 2.05) is 12.1 Å². The van der Waals surface area contributed by atoms with Crippen LogP contribution in [0.1, 0.15) is 103 Å². The Hall–Kier alpha value is -3.81. The van der Waals surface area contributed by atoms with E-state index in [1.165, 1.54) is 17.2 Å². The highest BCUT2D eigenvalue weighted by Gasteiger charge is 2.34. The summed E-state index contributed by atoms with van der Waals surface area (Å²) in [6.45, 7) is 15.6. The topological polar surface area (TPSA) is 61.8 Å². The second-order valence-electron chi connectivity index (χ2n) is 11.8. The van der Waals surface area contributed by atoms with Crippen LogP contribution in [0.25, 0.3) is 0 Å². The van der Waals surface area contributed by atoms with Crippen molar-refractivity contribution in [3.05, 3.63) is 93.5 Å². The largest absolute Gasteiger partial charge is 0.573 e. The van der Waals surface area contributed by atoms with Crippen LogP contribution in [0.5, 0.6) is 11.5 Å². The molecular weight excluding hydrogens is 545 g/mol. The summed E-state index contributed by atoms with van der Waals surface area (Å²) in [6, 6.07) is 15.0. The minimum atomic E-state index is -5.09. The van der Waals surface area contributed by atoms with Gasteiger partial charge in [-0.25, -0.2) is 9.59 Å². The Kier molecular flexibility index (Phi) is 9.81. The molecule has 0 amide bonds. The Bertz CT molecular complexity index is 1450. The quantitative estimate of drug-likeness (QED) is 0.176. The molecule has 0 saturated heterocycles. The number of rotatable bonds is 10. The summed E-state index contributed by atoms with van der Waals surface area (Å²) < 4.78 is 54.3. The lowest BCUT2D eigenvalue weighted by atomic mass is 9.79. The molecule has 0 aliphatic carbocycles. The zero-order chi connectivity index (χ0) is 31.5. The second kappa shape index (κ2) is 12.6. The molecule has 0 aliphatic heterocycles. The summed E-state index contributed by atoms with van der Waals surface area (Å²) in [6.07, 6.45) is -2.92. The average molecular weight is 585 g/mol. The number of hydrogen-bond donors (Lipinski definition) is 0. The third kappa shape index (κ3) is 8.37. The van der Waals surface area contributed by atoms with Crippen LogP contribution in [0.2, 0.25) is 0 Å². The van der Waals surface area contributed by atoms with Gasteiger partial charge in [-0.05, 0) is 104 Å². The molecule has 0 atom stereocenters. The first-order valence-electron chi connectivity index (χ1n) is 14.0. The third-order valence-electron chi connectivity index (χ3n) is 7.64. The normalized spacial score (nSPS) is 12.2. The summed E-state index contributed by atoms with van der Waals surface area (Å²) in [5.41, 5.74) is 3.97. The van der Waals surface area contributed by atoms with E-state index in [1.54, 1.807) is 33.8 Å². The van der Waals surface area contributed by atoms with Crippen molar-refractivity contribution in [1.29, 1.82) is 0 Å². The smallest absolute Gasteiger partial charge is 0.456 e. The number of aryl methyl sites for hydroxylation is 2. The molecule has 5 nitrogen and oxygen atoms in total. The van der Waals surface area contributed by atoms with E-state index in [9.17, 15) is 22.8 Å². The molecular formula is C34H39F3O5. The number of alkyl halides is 3. The number of halogens is 3. The molecule has 0 aliphatic rings. The first-order chi connectivity index (χ1) is 19.4. The summed E-state index contributed by atoms with van der Waals surface area (Å²) in [7, 11) is 0.